The number of nitrogens with zero attached hydrogens (tertiary/aromatic N) is 1. The van der Waals surface area contributed by atoms with E-state index < -0.39 is 9.84 Å². The van der Waals surface area contributed by atoms with E-state index in [1.54, 1.807) is 11.3 Å². The first-order valence-corrected chi connectivity index (χ1v) is 10.8. The minimum atomic E-state index is -3.02. The Morgan fingerprint density at radius 2 is 2.18 bits per heavy atom. The van der Waals surface area contributed by atoms with E-state index in [0.717, 1.165) is 25.8 Å². The number of rotatable bonds is 5. The maximum Gasteiger partial charge on any atom is 0.223 e. The largest absolute Gasteiger partial charge is 0.339 e. The standard InChI is InChI=1S/C16H23NO3S2/c1-12-7-14(13-3-6-21-10-13)9-17(12)15(18)8-16(4-5-16)11-22(2,19)20/h3,6,10,12,14H,4-5,7-9,11H2,1-2H3/t12-,14-/m1/s1. The van der Waals surface area contributed by atoms with E-state index in [4.69, 9.17) is 0 Å². The molecule has 2 aliphatic rings. The quantitative estimate of drug-likeness (QED) is 0.827. The number of carbonyl (C=O) groups excluding carboxylic acids is 1. The van der Waals surface area contributed by atoms with Crippen LogP contribution in [0.5, 0.6) is 0 Å². The molecular weight excluding hydrogens is 318 g/mol. The Balaban J connectivity index is 1.63. The number of likely N-dealkylation sites (tertiary alicyclic amines) is 1. The topological polar surface area (TPSA) is 54.5 Å². The number of hydrogen-bond donors (Lipinski definition) is 0. The van der Waals surface area contributed by atoms with Gasteiger partial charge in [-0.05, 0) is 54.0 Å². The maximum absolute atomic E-state index is 12.6. The fourth-order valence-corrected chi connectivity index (χ4v) is 5.90. The van der Waals surface area contributed by atoms with Gasteiger partial charge in [-0.15, -0.1) is 0 Å². The molecule has 2 atom stereocenters. The van der Waals surface area contributed by atoms with Crippen LogP contribution in [0, 0.1) is 5.41 Å². The highest BCUT2D eigenvalue weighted by molar-refractivity contribution is 7.90. The lowest BCUT2D eigenvalue weighted by atomic mass is 10.00. The van der Waals surface area contributed by atoms with Crippen LogP contribution in [0.2, 0.25) is 0 Å². The summed E-state index contributed by atoms with van der Waals surface area (Å²) >= 11 is 1.69. The maximum atomic E-state index is 12.6. The highest BCUT2D eigenvalue weighted by Gasteiger charge is 2.48. The summed E-state index contributed by atoms with van der Waals surface area (Å²) in [7, 11) is -3.02. The van der Waals surface area contributed by atoms with E-state index in [9.17, 15) is 13.2 Å². The Bertz CT molecular complexity index is 647. The van der Waals surface area contributed by atoms with Crippen molar-refractivity contribution in [3.63, 3.8) is 0 Å². The van der Waals surface area contributed by atoms with Gasteiger partial charge in [0, 0.05) is 31.2 Å². The molecule has 0 N–H and O–H groups in total. The molecule has 0 spiro atoms. The zero-order valence-electron chi connectivity index (χ0n) is 13.1. The number of thiophene rings is 1. The molecule has 0 bridgehead atoms. The number of amides is 1. The zero-order chi connectivity index (χ0) is 16.0. The monoisotopic (exact) mass is 341 g/mol. The van der Waals surface area contributed by atoms with Crippen LogP contribution in [-0.2, 0) is 14.6 Å². The van der Waals surface area contributed by atoms with Crippen LogP contribution in [-0.4, -0.2) is 43.8 Å². The molecule has 0 radical (unpaired) electrons. The molecule has 4 nitrogen and oxygen atoms in total. The molecule has 2 heterocycles. The van der Waals surface area contributed by atoms with Crippen molar-refractivity contribution < 1.29 is 13.2 Å². The van der Waals surface area contributed by atoms with Gasteiger partial charge in [0.25, 0.3) is 0 Å². The van der Waals surface area contributed by atoms with E-state index in [-0.39, 0.29) is 23.1 Å². The lowest BCUT2D eigenvalue weighted by Crippen LogP contribution is -2.36. The van der Waals surface area contributed by atoms with E-state index in [1.807, 2.05) is 4.90 Å². The van der Waals surface area contributed by atoms with Crippen molar-refractivity contribution >= 4 is 27.1 Å². The summed E-state index contributed by atoms with van der Waals surface area (Å²) < 4.78 is 23.1. The highest BCUT2D eigenvalue weighted by atomic mass is 32.2. The average Bonchev–Trinajstić information content (AvgIpc) is 2.85. The second-order valence-corrected chi connectivity index (χ2v) is 10.1. The molecule has 1 saturated heterocycles. The number of hydrogen-bond acceptors (Lipinski definition) is 4. The molecule has 2 fully saturated rings. The Labute approximate surface area is 136 Å². The minimum absolute atomic E-state index is 0.131. The molecule has 1 saturated carbocycles. The zero-order valence-corrected chi connectivity index (χ0v) is 14.8. The summed E-state index contributed by atoms with van der Waals surface area (Å²) in [5, 5.41) is 4.24. The summed E-state index contributed by atoms with van der Waals surface area (Å²) in [5.74, 6) is 0.712. The van der Waals surface area contributed by atoms with E-state index in [0.29, 0.717) is 12.3 Å². The highest BCUT2D eigenvalue weighted by Crippen LogP contribution is 2.50. The fraction of sp³-hybridized carbons (Fsp3) is 0.688. The Morgan fingerprint density at radius 1 is 1.45 bits per heavy atom. The Morgan fingerprint density at radius 3 is 2.73 bits per heavy atom. The minimum Gasteiger partial charge on any atom is -0.339 e. The second kappa shape index (κ2) is 5.64. The Kier molecular flexibility index (Phi) is 4.10. The molecule has 0 aromatic carbocycles. The third-order valence-corrected chi connectivity index (χ3v) is 6.80. The molecular formula is C16H23NO3S2. The van der Waals surface area contributed by atoms with E-state index in [1.165, 1.54) is 11.8 Å². The summed E-state index contributed by atoms with van der Waals surface area (Å²) in [5.41, 5.74) is 1.05. The van der Waals surface area contributed by atoms with Crippen LogP contribution in [0.4, 0.5) is 0 Å². The van der Waals surface area contributed by atoms with Gasteiger partial charge >= 0.3 is 0 Å². The van der Waals surface area contributed by atoms with Crippen LogP contribution in [0.15, 0.2) is 16.8 Å². The van der Waals surface area contributed by atoms with Crippen molar-refractivity contribution in [1.29, 1.82) is 0 Å². The van der Waals surface area contributed by atoms with Crippen LogP contribution < -0.4 is 0 Å². The van der Waals surface area contributed by atoms with Gasteiger partial charge < -0.3 is 4.90 Å². The van der Waals surface area contributed by atoms with Gasteiger partial charge in [-0.1, -0.05) is 0 Å². The first-order chi connectivity index (χ1) is 10.3. The first-order valence-electron chi connectivity index (χ1n) is 7.77. The fourth-order valence-electron chi connectivity index (χ4n) is 3.65. The predicted octanol–water partition coefficient (Wildman–Crippen LogP) is 2.67. The molecule has 0 unspecified atom stereocenters. The molecule has 22 heavy (non-hydrogen) atoms. The number of sulfone groups is 1. The SMILES string of the molecule is C[C@@H]1C[C@@H](c2ccsc2)CN1C(=O)CC1(CS(C)(=O)=O)CC1. The third kappa shape index (κ3) is 3.54. The van der Waals surface area contributed by atoms with Crippen molar-refractivity contribution in [3.8, 4) is 0 Å². The summed E-state index contributed by atoms with van der Waals surface area (Å²) in [6.07, 6.45) is 4.38. The van der Waals surface area contributed by atoms with Gasteiger partial charge in [0.05, 0.1) is 5.75 Å². The lowest BCUT2D eigenvalue weighted by molar-refractivity contribution is -0.132. The van der Waals surface area contributed by atoms with Gasteiger partial charge in [-0.25, -0.2) is 8.42 Å². The van der Waals surface area contributed by atoms with Crippen molar-refractivity contribution in [2.45, 2.75) is 44.6 Å². The third-order valence-electron chi connectivity index (χ3n) is 4.96. The lowest BCUT2D eigenvalue weighted by Gasteiger charge is -2.24. The summed E-state index contributed by atoms with van der Waals surface area (Å²) in [6.45, 7) is 2.87. The predicted molar refractivity (Wildman–Crippen MR) is 88.8 cm³/mol. The van der Waals surface area contributed by atoms with Gasteiger partial charge in [0.1, 0.15) is 9.84 Å². The summed E-state index contributed by atoms with van der Waals surface area (Å²) in [6, 6.07) is 2.38. The normalized spacial score (nSPS) is 27.1. The van der Waals surface area contributed by atoms with Gasteiger partial charge in [0.15, 0.2) is 0 Å². The van der Waals surface area contributed by atoms with Gasteiger partial charge in [-0.2, -0.15) is 11.3 Å². The van der Waals surface area contributed by atoms with E-state index >= 15 is 0 Å². The molecule has 1 aromatic heterocycles. The molecule has 1 aromatic rings. The van der Waals surface area contributed by atoms with Crippen molar-refractivity contribution in [1.82, 2.24) is 4.90 Å². The van der Waals surface area contributed by atoms with Crippen LogP contribution in [0.1, 0.15) is 44.1 Å². The molecule has 1 aliphatic carbocycles. The molecule has 1 amide bonds. The van der Waals surface area contributed by atoms with Crippen LogP contribution in [0.3, 0.4) is 0 Å². The van der Waals surface area contributed by atoms with Gasteiger partial charge in [-0.3, -0.25) is 4.79 Å². The van der Waals surface area contributed by atoms with E-state index in [2.05, 4.69) is 23.8 Å². The van der Waals surface area contributed by atoms with Crippen molar-refractivity contribution in [2.75, 3.05) is 18.6 Å². The van der Waals surface area contributed by atoms with Gasteiger partial charge in [0.2, 0.25) is 5.91 Å². The number of carbonyl (C=O) groups is 1. The summed E-state index contributed by atoms with van der Waals surface area (Å²) in [4.78, 5) is 14.6. The second-order valence-electron chi connectivity index (χ2n) is 7.13. The van der Waals surface area contributed by atoms with Crippen molar-refractivity contribution in [2.24, 2.45) is 5.41 Å². The smallest absolute Gasteiger partial charge is 0.223 e. The Hall–Kier alpha value is -0.880. The van der Waals surface area contributed by atoms with Crippen LogP contribution in [0.25, 0.3) is 0 Å². The first kappa shape index (κ1) is 16.0. The van der Waals surface area contributed by atoms with Crippen molar-refractivity contribution in [3.05, 3.63) is 22.4 Å². The molecule has 3 rings (SSSR count). The molecule has 122 valence electrons. The molecule has 1 aliphatic heterocycles. The average molecular weight is 341 g/mol. The molecule has 6 heteroatoms. The van der Waals surface area contributed by atoms with Crippen LogP contribution >= 0.6 is 11.3 Å².